The third-order valence-electron chi connectivity index (χ3n) is 4.79. The number of anilines is 1. The van der Waals surface area contributed by atoms with Gasteiger partial charge in [-0.2, -0.15) is 0 Å². The smallest absolute Gasteiger partial charge is 0.268 e. The number of piperidine rings is 1. The van der Waals surface area contributed by atoms with Crippen LogP contribution in [0.1, 0.15) is 26.2 Å². The first-order valence-corrected chi connectivity index (χ1v) is 7.91. The molecule has 0 saturated carbocycles. The van der Waals surface area contributed by atoms with Crippen molar-refractivity contribution in [1.29, 1.82) is 0 Å². The fourth-order valence-corrected chi connectivity index (χ4v) is 3.23. The Labute approximate surface area is 130 Å². The van der Waals surface area contributed by atoms with Crippen molar-refractivity contribution in [2.45, 2.75) is 31.8 Å². The van der Waals surface area contributed by atoms with Gasteiger partial charge in [-0.1, -0.05) is 25.1 Å². The van der Waals surface area contributed by atoms with Crippen molar-refractivity contribution in [2.24, 2.45) is 5.92 Å². The normalized spacial score (nSPS) is 26.5. The van der Waals surface area contributed by atoms with Crippen LogP contribution in [0.5, 0.6) is 0 Å². The minimum absolute atomic E-state index is 0.158. The highest BCUT2D eigenvalue weighted by atomic mass is 16.3. The number of nitrogens with zero attached hydrogens (tertiary/aromatic N) is 2. The van der Waals surface area contributed by atoms with Crippen molar-refractivity contribution in [1.82, 2.24) is 4.90 Å². The molecule has 5 nitrogen and oxygen atoms in total. The molecule has 2 amide bonds. The van der Waals surface area contributed by atoms with Gasteiger partial charge in [0.15, 0.2) is 0 Å². The van der Waals surface area contributed by atoms with Gasteiger partial charge in [-0.15, -0.1) is 0 Å². The lowest BCUT2D eigenvalue weighted by molar-refractivity contribution is -0.158. The van der Waals surface area contributed by atoms with E-state index in [1.807, 2.05) is 30.3 Å². The highest BCUT2D eigenvalue weighted by Crippen LogP contribution is 2.31. The molecule has 0 unspecified atom stereocenters. The minimum Gasteiger partial charge on any atom is -0.372 e. The van der Waals surface area contributed by atoms with Crippen molar-refractivity contribution in [3.8, 4) is 0 Å². The summed E-state index contributed by atoms with van der Waals surface area (Å²) in [6.45, 7) is 3.78. The van der Waals surface area contributed by atoms with Crippen LogP contribution in [-0.2, 0) is 9.59 Å². The average molecular weight is 302 g/mol. The molecule has 2 heterocycles. The molecule has 1 N–H and O–H groups in total. The first-order chi connectivity index (χ1) is 10.5. The Morgan fingerprint density at radius 2 is 1.82 bits per heavy atom. The lowest BCUT2D eigenvalue weighted by Gasteiger charge is -2.34. The zero-order valence-corrected chi connectivity index (χ0v) is 12.9. The maximum Gasteiger partial charge on any atom is 0.268 e. The van der Waals surface area contributed by atoms with Gasteiger partial charge in [0.05, 0.1) is 0 Å². The van der Waals surface area contributed by atoms with Crippen molar-refractivity contribution in [3.05, 3.63) is 30.3 Å². The number of hydrogen-bond donors (Lipinski definition) is 1. The molecule has 2 saturated heterocycles. The van der Waals surface area contributed by atoms with Crippen LogP contribution < -0.4 is 4.90 Å². The number of aliphatic hydroxyl groups is 1. The number of likely N-dealkylation sites (tertiary alicyclic amines) is 1. The van der Waals surface area contributed by atoms with Crippen molar-refractivity contribution in [3.63, 3.8) is 0 Å². The van der Waals surface area contributed by atoms with E-state index in [1.165, 1.54) is 4.90 Å². The van der Waals surface area contributed by atoms with E-state index in [0.29, 0.717) is 25.6 Å². The second kappa shape index (κ2) is 5.72. The first-order valence-electron chi connectivity index (χ1n) is 7.91. The SMILES string of the molecule is CC1CCN(C(=O)[C@@]2(O)CCN(c3ccccc3)C2=O)CC1. The Morgan fingerprint density at radius 1 is 1.18 bits per heavy atom. The van der Waals surface area contributed by atoms with Gasteiger partial charge in [0.1, 0.15) is 0 Å². The maximum atomic E-state index is 12.6. The van der Waals surface area contributed by atoms with Gasteiger partial charge in [0, 0.05) is 31.7 Å². The summed E-state index contributed by atoms with van der Waals surface area (Å²) in [4.78, 5) is 28.4. The van der Waals surface area contributed by atoms with Crippen LogP contribution >= 0.6 is 0 Å². The zero-order chi connectivity index (χ0) is 15.7. The van der Waals surface area contributed by atoms with E-state index in [4.69, 9.17) is 0 Å². The molecule has 0 aromatic heterocycles. The monoisotopic (exact) mass is 302 g/mol. The van der Waals surface area contributed by atoms with Gasteiger partial charge >= 0.3 is 0 Å². The summed E-state index contributed by atoms with van der Waals surface area (Å²) in [5, 5.41) is 10.7. The fourth-order valence-electron chi connectivity index (χ4n) is 3.23. The van der Waals surface area contributed by atoms with Gasteiger partial charge in [0.2, 0.25) is 5.60 Å². The van der Waals surface area contributed by atoms with Gasteiger partial charge in [-0.25, -0.2) is 0 Å². The lowest BCUT2D eigenvalue weighted by Crippen LogP contribution is -2.55. The molecule has 118 valence electrons. The van der Waals surface area contributed by atoms with Crippen LogP contribution in [-0.4, -0.2) is 47.1 Å². The van der Waals surface area contributed by atoms with E-state index < -0.39 is 17.4 Å². The van der Waals surface area contributed by atoms with Gasteiger partial charge in [-0.3, -0.25) is 9.59 Å². The minimum atomic E-state index is -1.89. The fraction of sp³-hybridized carbons (Fsp3) is 0.529. The summed E-state index contributed by atoms with van der Waals surface area (Å²) in [6.07, 6.45) is 2.02. The molecule has 22 heavy (non-hydrogen) atoms. The lowest BCUT2D eigenvalue weighted by atomic mass is 9.95. The van der Waals surface area contributed by atoms with E-state index in [2.05, 4.69) is 6.92 Å². The molecule has 0 bridgehead atoms. The van der Waals surface area contributed by atoms with Gasteiger partial charge in [-0.05, 0) is 30.9 Å². The molecule has 1 atom stereocenters. The summed E-state index contributed by atoms with van der Waals surface area (Å²) in [5.74, 6) is -0.330. The number of amides is 2. The molecule has 0 radical (unpaired) electrons. The zero-order valence-electron chi connectivity index (χ0n) is 12.9. The van der Waals surface area contributed by atoms with E-state index >= 15 is 0 Å². The Balaban J connectivity index is 1.76. The molecule has 5 heteroatoms. The first kappa shape index (κ1) is 15.0. The molecule has 2 aliphatic heterocycles. The van der Waals surface area contributed by atoms with E-state index in [1.54, 1.807) is 4.90 Å². The standard InChI is InChI=1S/C17H22N2O3/c1-13-7-10-18(11-8-13)15(20)17(22)9-12-19(16(17)21)14-5-3-2-4-6-14/h2-6,13,22H,7-12H2,1H3/t17-/m0/s1. The molecule has 0 aliphatic carbocycles. The van der Waals surface area contributed by atoms with Crippen LogP contribution in [0.15, 0.2) is 30.3 Å². The summed E-state index contributed by atoms with van der Waals surface area (Å²) in [7, 11) is 0. The number of rotatable bonds is 2. The summed E-state index contributed by atoms with van der Waals surface area (Å²) in [5.41, 5.74) is -1.17. The summed E-state index contributed by atoms with van der Waals surface area (Å²) < 4.78 is 0. The highest BCUT2D eigenvalue weighted by molar-refractivity contribution is 6.16. The topological polar surface area (TPSA) is 60.9 Å². The predicted molar refractivity (Wildman–Crippen MR) is 83.3 cm³/mol. The van der Waals surface area contributed by atoms with Crippen LogP contribution in [0.2, 0.25) is 0 Å². The number of carbonyl (C=O) groups is 2. The maximum absolute atomic E-state index is 12.6. The molecular weight excluding hydrogens is 280 g/mol. The summed E-state index contributed by atoms with van der Waals surface area (Å²) >= 11 is 0. The van der Waals surface area contributed by atoms with Gasteiger partial charge in [0.25, 0.3) is 11.8 Å². The quantitative estimate of drug-likeness (QED) is 0.840. The molecule has 2 fully saturated rings. The average Bonchev–Trinajstić information content (AvgIpc) is 2.85. The molecule has 1 aromatic rings. The number of benzene rings is 1. The molecule has 0 spiro atoms. The molecular formula is C17H22N2O3. The Bertz CT molecular complexity index is 567. The summed E-state index contributed by atoms with van der Waals surface area (Å²) in [6, 6.07) is 9.19. The number of hydrogen-bond acceptors (Lipinski definition) is 3. The van der Waals surface area contributed by atoms with Crippen molar-refractivity contribution < 1.29 is 14.7 Å². The Hall–Kier alpha value is -1.88. The Kier molecular flexibility index (Phi) is 3.91. The van der Waals surface area contributed by atoms with Crippen LogP contribution in [0.3, 0.4) is 0 Å². The van der Waals surface area contributed by atoms with Crippen LogP contribution in [0, 0.1) is 5.92 Å². The van der Waals surface area contributed by atoms with Gasteiger partial charge < -0.3 is 14.9 Å². The second-order valence-electron chi connectivity index (χ2n) is 6.38. The van der Waals surface area contributed by atoms with Crippen molar-refractivity contribution in [2.75, 3.05) is 24.5 Å². The van der Waals surface area contributed by atoms with Crippen molar-refractivity contribution >= 4 is 17.5 Å². The number of carbonyl (C=O) groups excluding carboxylic acids is 2. The Morgan fingerprint density at radius 3 is 2.45 bits per heavy atom. The van der Waals surface area contributed by atoms with Crippen LogP contribution in [0.25, 0.3) is 0 Å². The molecule has 3 rings (SSSR count). The molecule has 1 aromatic carbocycles. The van der Waals surface area contributed by atoms with Crippen LogP contribution in [0.4, 0.5) is 5.69 Å². The van der Waals surface area contributed by atoms with E-state index in [9.17, 15) is 14.7 Å². The third kappa shape index (κ3) is 2.50. The highest BCUT2D eigenvalue weighted by Gasteiger charge is 2.53. The van der Waals surface area contributed by atoms with E-state index in [0.717, 1.165) is 18.5 Å². The van der Waals surface area contributed by atoms with E-state index in [-0.39, 0.29) is 6.42 Å². The largest absolute Gasteiger partial charge is 0.372 e. The second-order valence-corrected chi connectivity index (χ2v) is 6.38. The predicted octanol–water partition coefficient (Wildman–Crippen LogP) is 1.41. The number of para-hydroxylation sites is 1. The third-order valence-corrected chi connectivity index (χ3v) is 4.79. The molecule has 2 aliphatic rings.